The Bertz CT molecular complexity index is 270. The second-order valence-corrected chi connectivity index (χ2v) is 3.36. The van der Waals surface area contributed by atoms with E-state index in [0.717, 1.165) is 0 Å². The van der Waals surface area contributed by atoms with Crippen LogP contribution in [0, 0.1) is 0 Å². The van der Waals surface area contributed by atoms with Gasteiger partial charge in [0, 0.05) is 29.0 Å². The fourth-order valence-corrected chi connectivity index (χ4v) is 1.49. The van der Waals surface area contributed by atoms with Gasteiger partial charge in [-0.05, 0) is 12.1 Å². The largest absolute Gasteiger partial charge is 0.398 e. The van der Waals surface area contributed by atoms with Gasteiger partial charge in [-0.1, -0.05) is 0 Å². The number of benzene rings is 1. The zero-order valence-electron chi connectivity index (χ0n) is 6.02. The van der Waals surface area contributed by atoms with Crippen molar-refractivity contribution in [1.29, 1.82) is 0 Å². The van der Waals surface area contributed by atoms with E-state index in [4.69, 9.17) is 20.6 Å². The maximum absolute atomic E-state index is 8.75. The third-order valence-electron chi connectivity index (χ3n) is 1.32. The summed E-state index contributed by atoms with van der Waals surface area (Å²) in [7, 11) is 0. The Hall–Kier alpha value is -0.560. The van der Waals surface area contributed by atoms with E-state index in [9.17, 15) is 0 Å². The molecule has 0 saturated heterocycles. The lowest BCUT2D eigenvalue weighted by Gasteiger charge is -2.06. The summed E-state index contributed by atoms with van der Waals surface area (Å²) in [5.74, 6) is 0. The first-order valence-corrected chi connectivity index (χ1v) is 4.55. The van der Waals surface area contributed by atoms with Crippen LogP contribution in [0.5, 0.6) is 0 Å². The van der Waals surface area contributed by atoms with Crippen molar-refractivity contribution in [2.75, 3.05) is 11.5 Å². The van der Waals surface area contributed by atoms with E-state index in [0.29, 0.717) is 45.3 Å². The molecule has 0 amide bonds. The molecule has 0 radical (unpaired) electrons. The Morgan fingerprint density at radius 1 is 1.00 bits per heavy atom. The summed E-state index contributed by atoms with van der Waals surface area (Å²) < 4.78 is 17.4. The van der Waals surface area contributed by atoms with Crippen LogP contribution in [-0.2, 0) is 0 Å². The van der Waals surface area contributed by atoms with Gasteiger partial charge in [0.15, 0.2) is 0 Å². The van der Waals surface area contributed by atoms with Crippen LogP contribution in [0.25, 0.3) is 0 Å². The van der Waals surface area contributed by atoms with Crippen LogP contribution >= 0.6 is 24.1 Å². The SMILES string of the molecule is Nc1cc(SO)cc(N)c1SO. The van der Waals surface area contributed by atoms with Gasteiger partial charge in [-0.15, -0.1) is 0 Å². The molecule has 1 aromatic rings. The normalized spacial score (nSPS) is 10.2. The van der Waals surface area contributed by atoms with E-state index in [1.807, 2.05) is 0 Å². The molecule has 0 heterocycles. The lowest BCUT2D eigenvalue weighted by Crippen LogP contribution is -1.95. The maximum atomic E-state index is 8.75. The molecule has 0 fully saturated rings. The van der Waals surface area contributed by atoms with E-state index in [1.165, 1.54) is 0 Å². The standard InChI is InChI=1S/C6H8N2O2S2/c7-4-1-3(11-9)2-5(8)6(4)12-10/h1-2,9-10H,7-8H2. The van der Waals surface area contributed by atoms with Gasteiger partial charge < -0.3 is 20.6 Å². The van der Waals surface area contributed by atoms with Gasteiger partial charge >= 0.3 is 0 Å². The number of anilines is 2. The highest BCUT2D eigenvalue weighted by Crippen LogP contribution is 2.32. The Balaban J connectivity index is 3.18. The van der Waals surface area contributed by atoms with E-state index >= 15 is 0 Å². The van der Waals surface area contributed by atoms with Gasteiger partial charge in [-0.2, -0.15) is 0 Å². The summed E-state index contributed by atoms with van der Waals surface area (Å²) in [6.45, 7) is 0. The van der Waals surface area contributed by atoms with Crippen LogP contribution in [0.4, 0.5) is 11.4 Å². The average molecular weight is 204 g/mol. The quantitative estimate of drug-likeness (QED) is 0.435. The van der Waals surface area contributed by atoms with E-state index in [1.54, 1.807) is 12.1 Å². The average Bonchev–Trinajstić information content (AvgIpc) is 2.03. The highest BCUT2D eigenvalue weighted by atomic mass is 32.2. The first-order chi connectivity index (χ1) is 5.69. The lowest BCUT2D eigenvalue weighted by molar-refractivity contribution is 0.661. The fourth-order valence-electron chi connectivity index (χ4n) is 0.804. The monoisotopic (exact) mass is 204 g/mol. The summed E-state index contributed by atoms with van der Waals surface area (Å²) in [4.78, 5) is 0.982. The molecular formula is C6H8N2O2S2. The molecule has 66 valence electrons. The van der Waals surface area contributed by atoms with Gasteiger partial charge in [-0.3, -0.25) is 0 Å². The molecule has 0 aromatic heterocycles. The Kier molecular flexibility index (Phi) is 3.10. The van der Waals surface area contributed by atoms with Crippen LogP contribution in [-0.4, -0.2) is 9.11 Å². The molecule has 6 N–H and O–H groups in total. The second-order valence-electron chi connectivity index (χ2n) is 2.11. The first kappa shape index (κ1) is 9.53. The van der Waals surface area contributed by atoms with Crippen molar-refractivity contribution in [3.63, 3.8) is 0 Å². The summed E-state index contributed by atoms with van der Waals surface area (Å²) >= 11 is 1.07. The van der Waals surface area contributed by atoms with Crippen molar-refractivity contribution >= 4 is 35.5 Å². The highest BCUT2D eigenvalue weighted by molar-refractivity contribution is 7.94. The van der Waals surface area contributed by atoms with Crippen molar-refractivity contribution in [3.05, 3.63) is 12.1 Å². The van der Waals surface area contributed by atoms with Crippen LogP contribution < -0.4 is 11.5 Å². The summed E-state index contributed by atoms with van der Waals surface area (Å²) in [6, 6.07) is 3.08. The molecular weight excluding hydrogens is 196 g/mol. The molecule has 0 aliphatic rings. The molecule has 0 saturated carbocycles. The first-order valence-electron chi connectivity index (χ1n) is 3.01. The van der Waals surface area contributed by atoms with E-state index < -0.39 is 0 Å². The highest BCUT2D eigenvalue weighted by Gasteiger charge is 2.06. The van der Waals surface area contributed by atoms with Crippen LogP contribution in [0.1, 0.15) is 0 Å². The smallest absolute Gasteiger partial charge is 0.0810 e. The Morgan fingerprint density at radius 3 is 1.83 bits per heavy atom. The molecule has 0 atom stereocenters. The fraction of sp³-hybridized carbons (Fsp3) is 0. The summed E-state index contributed by atoms with van der Waals surface area (Å²) in [5, 5.41) is 0. The molecule has 0 spiro atoms. The van der Waals surface area contributed by atoms with E-state index in [-0.39, 0.29) is 0 Å². The molecule has 12 heavy (non-hydrogen) atoms. The third-order valence-corrected chi connectivity index (χ3v) is 2.42. The van der Waals surface area contributed by atoms with Crippen LogP contribution in [0.15, 0.2) is 21.9 Å². The van der Waals surface area contributed by atoms with Crippen LogP contribution in [0.2, 0.25) is 0 Å². The molecule has 1 aromatic carbocycles. The van der Waals surface area contributed by atoms with Gasteiger partial charge in [0.2, 0.25) is 0 Å². The van der Waals surface area contributed by atoms with Crippen molar-refractivity contribution < 1.29 is 9.11 Å². The molecule has 0 aliphatic heterocycles. The molecule has 1 rings (SSSR count). The van der Waals surface area contributed by atoms with Gasteiger partial charge in [0.1, 0.15) is 0 Å². The minimum Gasteiger partial charge on any atom is -0.398 e. The zero-order chi connectivity index (χ0) is 9.14. The number of rotatable bonds is 2. The predicted octanol–water partition coefficient (Wildman–Crippen LogP) is 1.98. The van der Waals surface area contributed by atoms with Gasteiger partial charge in [0.05, 0.1) is 16.3 Å². The minimum atomic E-state index is 0.360. The molecule has 0 unspecified atom stereocenters. The second kappa shape index (κ2) is 3.90. The summed E-state index contributed by atoms with van der Waals surface area (Å²) in [6.07, 6.45) is 0. The Morgan fingerprint density at radius 2 is 1.50 bits per heavy atom. The maximum Gasteiger partial charge on any atom is 0.0810 e. The van der Waals surface area contributed by atoms with Crippen molar-refractivity contribution in [3.8, 4) is 0 Å². The number of nitrogens with two attached hydrogens (primary N) is 2. The molecule has 4 nitrogen and oxygen atoms in total. The number of hydrogen-bond donors (Lipinski definition) is 4. The molecule has 6 heteroatoms. The molecule has 0 bridgehead atoms. The topological polar surface area (TPSA) is 92.5 Å². The summed E-state index contributed by atoms with van der Waals surface area (Å²) in [5.41, 5.74) is 11.8. The lowest BCUT2D eigenvalue weighted by atomic mass is 10.3. The van der Waals surface area contributed by atoms with Crippen molar-refractivity contribution in [2.24, 2.45) is 0 Å². The van der Waals surface area contributed by atoms with Gasteiger partial charge in [0.25, 0.3) is 0 Å². The zero-order valence-corrected chi connectivity index (χ0v) is 7.65. The Labute approximate surface area is 78.4 Å². The molecule has 0 aliphatic carbocycles. The van der Waals surface area contributed by atoms with Crippen molar-refractivity contribution in [2.45, 2.75) is 9.79 Å². The number of hydrogen-bond acceptors (Lipinski definition) is 6. The van der Waals surface area contributed by atoms with Gasteiger partial charge in [-0.25, -0.2) is 0 Å². The van der Waals surface area contributed by atoms with E-state index in [2.05, 4.69) is 0 Å². The number of nitrogen functional groups attached to an aromatic ring is 2. The van der Waals surface area contributed by atoms with Crippen molar-refractivity contribution in [1.82, 2.24) is 0 Å². The van der Waals surface area contributed by atoms with Crippen LogP contribution in [0.3, 0.4) is 0 Å². The predicted molar refractivity (Wildman–Crippen MR) is 52.2 cm³/mol. The minimum absolute atomic E-state index is 0.360. The third kappa shape index (κ3) is 1.78.